The summed E-state index contributed by atoms with van der Waals surface area (Å²) in [5.74, 6) is -0.352. The zero-order valence-corrected chi connectivity index (χ0v) is 14.1. The molecule has 1 aliphatic heterocycles. The van der Waals surface area contributed by atoms with E-state index < -0.39 is 5.50 Å². The van der Waals surface area contributed by atoms with Crippen molar-refractivity contribution < 1.29 is 9.53 Å². The number of benzene rings is 1. The van der Waals surface area contributed by atoms with Gasteiger partial charge in [0, 0.05) is 24.7 Å². The molecule has 0 aliphatic carbocycles. The molecule has 1 heterocycles. The number of esters is 1. The summed E-state index contributed by atoms with van der Waals surface area (Å²) in [6.07, 6.45) is 0. The Morgan fingerprint density at radius 1 is 1.36 bits per heavy atom. The van der Waals surface area contributed by atoms with Gasteiger partial charge in [0.25, 0.3) is 0 Å². The Morgan fingerprint density at radius 2 is 2.00 bits per heavy atom. The largest absolute Gasteiger partial charge is 0.462 e. The van der Waals surface area contributed by atoms with E-state index in [-0.39, 0.29) is 5.97 Å². The number of rotatable bonds is 4. The molecule has 2 rings (SSSR count). The summed E-state index contributed by atoms with van der Waals surface area (Å²) in [5.41, 5.74) is 8.72. The Hall–Kier alpha value is -1.79. The van der Waals surface area contributed by atoms with Crippen molar-refractivity contribution in [1.29, 1.82) is 0 Å². The zero-order valence-electron chi connectivity index (χ0n) is 13.3. The van der Waals surface area contributed by atoms with Crippen LogP contribution in [0.3, 0.4) is 0 Å². The molecular formula is C16H21N3O2S. The molecule has 1 unspecified atom stereocenters. The predicted octanol–water partition coefficient (Wildman–Crippen LogP) is 2.48. The monoisotopic (exact) mass is 319 g/mol. The van der Waals surface area contributed by atoms with E-state index in [2.05, 4.69) is 4.99 Å². The second-order valence-electron chi connectivity index (χ2n) is 5.09. The van der Waals surface area contributed by atoms with Crippen LogP contribution in [0.5, 0.6) is 0 Å². The van der Waals surface area contributed by atoms with Gasteiger partial charge in [-0.05, 0) is 31.5 Å². The van der Waals surface area contributed by atoms with Gasteiger partial charge in [-0.3, -0.25) is 4.99 Å². The minimum Gasteiger partial charge on any atom is -0.462 e. The van der Waals surface area contributed by atoms with Gasteiger partial charge in [-0.15, -0.1) is 0 Å². The molecule has 0 saturated carbocycles. The first-order chi connectivity index (χ1) is 10.4. The van der Waals surface area contributed by atoms with Crippen LogP contribution in [0.4, 0.5) is 5.69 Å². The van der Waals surface area contributed by atoms with Gasteiger partial charge in [-0.2, -0.15) is 0 Å². The smallest absolute Gasteiger partial charge is 0.341 e. The molecule has 0 fully saturated rings. The number of carbonyl (C=O) groups excluding carboxylic acids is 1. The Labute approximate surface area is 135 Å². The molecule has 0 bridgehead atoms. The topological polar surface area (TPSA) is 67.9 Å². The molecule has 0 aromatic heterocycles. The van der Waals surface area contributed by atoms with E-state index in [0.29, 0.717) is 17.9 Å². The maximum absolute atomic E-state index is 12.3. The summed E-state index contributed by atoms with van der Waals surface area (Å²) in [7, 11) is 3.97. The standard InChI is InChI=1S/C16H21N3O2S/c1-5-21-15(20)13-10(2)18-16(17)22-14(13)11-6-8-12(9-7-11)19(3)4/h6-9,16H,5,17H2,1-4H3. The van der Waals surface area contributed by atoms with Gasteiger partial charge in [0.1, 0.15) is 5.50 Å². The van der Waals surface area contributed by atoms with Crippen molar-refractivity contribution in [2.24, 2.45) is 10.7 Å². The highest BCUT2D eigenvalue weighted by Crippen LogP contribution is 2.38. The minimum absolute atomic E-state index is 0.333. The number of nitrogens with two attached hydrogens (primary N) is 1. The molecule has 22 heavy (non-hydrogen) atoms. The van der Waals surface area contributed by atoms with Crippen molar-refractivity contribution in [3.8, 4) is 0 Å². The van der Waals surface area contributed by atoms with E-state index in [1.165, 1.54) is 11.8 Å². The van der Waals surface area contributed by atoms with Crippen LogP contribution in [-0.2, 0) is 9.53 Å². The van der Waals surface area contributed by atoms with Crippen LogP contribution in [0, 0.1) is 0 Å². The Balaban J connectivity index is 2.47. The van der Waals surface area contributed by atoms with Gasteiger partial charge in [0.2, 0.25) is 0 Å². The Kier molecular flexibility index (Phi) is 5.26. The van der Waals surface area contributed by atoms with Gasteiger partial charge < -0.3 is 15.4 Å². The summed E-state index contributed by atoms with van der Waals surface area (Å²) in [6.45, 7) is 3.91. The number of ether oxygens (including phenoxy) is 1. The van der Waals surface area contributed by atoms with E-state index in [0.717, 1.165) is 16.2 Å². The number of anilines is 1. The highest BCUT2D eigenvalue weighted by Gasteiger charge is 2.27. The lowest BCUT2D eigenvalue weighted by molar-refractivity contribution is -0.137. The molecule has 1 atom stereocenters. The summed E-state index contributed by atoms with van der Waals surface area (Å²) >= 11 is 1.38. The molecule has 1 aromatic carbocycles. The van der Waals surface area contributed by atoms with Crippen molar-refractivity contribution in [3.05, 3.63) is 35.4 Å². The number of hydrogen-bond acceptors (Lipinski definition) is 6. The summed E-state index contributed by atoms with van der Waals surface area (Å²) < 4.78 is 5.16. The molecule has 6 heteroatoms. The van der Waals surface area contributed by atoms with Gasteiger partial charge in [-0.25, -0.2) is 4.79 Å². The van der Waals surface area contributed by atoms with Crippen LogP contribution in [0.1, 0.15) is 19.4 Å². The summed E-state index contributed by atoms with van der Waals surface area (Å²) in [5, 5.41) is 0. The third-order valence-corrected chi connectivity index (χ3v) is 4.30. The van der Waals surface area contributed by atoms with Crippen molar-refractivity contribution in [1.82, 2.24) is 0 Å². The van der Waals surface area contributed by atoms with Crippen LogP contribution in [-0.4, -0.2) is 37.9 Å². The third-order valence-electron chi connectivity index (χ3n) is 3.27. The molecule has 2 N–H and O–H groups in total. The van der Waals surface area contributed by atoms with Crippen molar-refractivity contribution in [2.75, 3.05) is 25.6 Å². The molecule has 118 valence electrons. The van der Waals surface area contributed by atoms with Crippen LogP contribution < -0.4 is 10.6 Å². The van der Waals surface area contributed by atoms with Crippen LogP contribution in [0.15, 0.2) is 34.8 Å². The lowest BCUT2D eigenvalue weighted by Crippen LogP contribution is -2.24. The second kappa shape index (κ2) is 6.98. The maximum atomic E-state index is 12.3. The fourth-order valence-electron chi connectivity index (χ4n) is 2.19. The number of carbonyl (C=O) groups is 1. The highest BCUT2D eigenvalue weighted by atomic mass is 32.2. The first kappa shape index (κ1) is 16.6. The Bertz CT molecular complexity index is 621. The van der Waals surface area contributed by atoms with Crippen molar-refractivity contribution in [3.63, 3.8) is 0 Å². The molecule has 1 aromatic rings. The first-order valence-electron chi connectivity index (χ1n) is 7.10. The molecule has 0 radical (unpaired) electrons. The van der Waals surface area contributed by atoms with Crippen molar-refractivity contribution in [2.45, 2.75) is 19.3 Å². The Morgan fingerprint density at radius 3 is 2.55 bits per heavy atom. The number of nitrogens with zero attached hydrogens (tertiary/aromatic N) is 2. The molecule has 0 amide bonds. The first-order valence-corrected chi connectivity index (χ1v) is 7.98. The summed E-state index contributed by atoms with van der Waals surface area (Å²) in [4.78, 5) is 19.4. The van der Waals surface area contributed by atoms with E-state index in [9.17, 15) is 4.79 Å². The minimum atomic E-state index is -0.401. The number of aliphatic imine (C=N–C) groups is 1. The van der Waals surface area contributed by atoms with E-state index in [4.69, 9.17) is 10.5 Å². The summed E-state index contributed by atoms with van der Waals surface area (Å²) in [6, 6.07) is 8.00. The fourth-order valence-corrected chi connectivity index (χ4v) is 3.27. The normalized spacial score (nSPS) is 18.0. The molecule has 0 saturated heterocycles. The zero-order chi connectivity index (χ0) is 16.3. The molecular weight excluding hydrogens is 298 g/mol. The average Bonchev–Trinajstić information content (AvgIpc) is 2.46. The highest BCUT2D eigenvalue weighted by molar-refractivity contribution is 8.09. The molecule has 0 spiro atoms. The average molecular weight is 319 g/mol. The van der Waals surface area contributed by atoms with E-state index >= 15 is 0 Å². The van der Waals surface area contributed by atoms with Crippen molar-refractivity contribution >= 4 is 34.0 Å². The molecule has 5 nitrogen and oxygen atoms in total. The van der Waals surface area contributed by atoms with Gasteiger partial charge >= 0.3 is 5.97 Å². The molecule has 1 aliphatic rings. The van der Waals surface area contributed by atoms with E-state index in [1.54, 1.807) is 13.8 Å². The van der Waals surface area contributed by atoms with Crippen LogP contribution >= 0.6 is 11.8 Å². The second-order valence-corrected chi connectivity index (χ2v) is 6.22. The van der Waals surface area contributed by atoms with Crippen LogP contribution in [0.2, 0.25) is 0 Å². The van der Waals surface area contributed by atoms with Gasteiger partial charge in [0.15, 0.2) is 0 Å². The van der Waals surface area contributed by atoms with Gasteiger partial charge in [-0.1, -0.05) is 23.9 Å². The lowest BCUT2D eigenvalue weighted by atomic mass is 10.1. The number of thioether (sulfide) groups is 1. The SMILES string of the molecule is CCOC(=O)C1=C(c2ccc(N(C)C)cc2)SC(N)N=C1C. The third kappa shape index (κ3) is 3.51. The lowest BCUT2D eigenvalue weighted by Gasteiger charge is -2.22. The van der Waals surface area contributed by atoms with Crippen LogP contribution in [0.25, 0.3) is 4.91 Å². The van der Waals surface area contributed by atoms with Gasteiger partial charge in [0.05, 0.1) is 17.9 Å². The number of hydrogen-bond donors (Lipinski definition) is 1. The quantitative estimate of drug-likeness (QED) is 0.864. The predicted molar refractivity (Wildman–Crippen MR) is 93.0 cm³/mol. The fraction of sp³-hybridized carbons (Fsp3) is 0.375. The van der Waals surface area contributed by atoms with E-state index in [1.807, 2.05) is 43.3 Å². The maximum Gasteiger partial charge on any atom is 0.341 e.